The third-order valence-corrected chi connectivity index (χ3v) is 2.77. The maximum absolute atomic E-state index is 12.1. The van der Waals surface area contributed by atoms with Crippen molar-refractivity contribution in [2.75, 3.05) is 13.7 Å². The minimum Gasteiger partial charge on any atom is -0.382 e. The molecule has 0 radical (unpaired) electrons. The summed E-state index contributed by atoms with van der Waals surface area (Å²) >= 11 is 5.87. The van der Waals surface area contributed by atoms with Crippen LogP contribution in [0.4, 0.5) is 5.69 Å². The van der Waals surface area contributed by atoms with Crippen LogP contribution in [-0.2, 0) is 4.74 Å². The summed E-state index contributed by atoms with van der Waals surface area (Å²) in [6.07, 6.45) is 0. The van der Waals surface area contributed by atoms with Gasteiger partial charge in [0.15, 0.2) is 0 Å². The minimum absolute atomic E-state index is 0.0695. The van der Waals surface area contributed by atoms with Crippen LogP contribution in [0.3, 0.4) is 0 Å². The van der Waals surface area contributed by atoms with Gasteiger partial charge in [0.05, 0.1) is 22.6 Å². The van der Waals surface area contributed by atoms with Crippen LogP contribution in [0.15, 0.2) is 18.2 Å². The Morgan fingerprint density at radius 3 is 2.68 bits per heavy atom. The molecule has 0 fully saturated rings. The third-order valence-electron chi connectivity index (χ3n) is 2.38. The number of ether oxygens (including phenoxy) is 1. The van der Waals surface area contributed by atoms with Crippen LogP contribution < -0.4 is 5.32 Å². The second kappa shape index (κ2) is 5.99. The Kier molecular flexibility index (Phi) is 4.85. The van der Waals surface area contributed by atoms with E-state index in [1.165, 1.54) is 25.3 Å². The van der Waals surface area contributed by atoms with Gasteiger partial charge in [0.25, 0.3) is 11.6 Å². The molecule has 0 unspecified atom stereocenters. The molecule has 1 amide bonds. The molecule has 6 nitrogen and oxygen atoms in total. The van der Waals surface area contributed by atoms with Crippen molar-refractivity contribution >= 4 is 23.2 Å². The molecule has 104 valence electrons. The first-order valence-corrected chi connectivity index (χ1v) is 5.90. The fourth-order valence-corrected chi connectivity index (χ4v) is 1.89. The van der Waals surface area contributed by atoms with Gasteiger partial charge in [0, 0.05) is 13.2 Å². The Bertz CT molecular complexity index is 503. The summed E-state index contributed by atoms with van der Waals surface area (Å²) in [5.41, 5.74) is -0.821. The van der Waals surface area contributed by atoms with Crippen LogP contribution in [0.1, 0.15) is 24.2 Å². The van der Waals surface area contributed by atoms with Gasteiger partial charge in [-0.25, -0.2) is 0 Å². The zero-order valence-electron chi connectivity index (χ0n) is 10.9. The Balaban J connectivity index is 3.01. The molecule has 0 atom stereocenters. The molecule has 1 aromatic rings. The van der Waals surface area contributed by atoms with Crippen LogP contribution >= 0.6 is 11.6 Å². The highest BCUT2D eigenvalue weighted by Crippen LogP contribution is 2.27. The van der Waals surface area contributed by atoms with Crippen LogP contribution in [0.25, 0.3) is 0 Å². The molecule has 0 aliphatic rings. The van der Waals surface area contributed by atoms with E-state index in [0.717, 1.165) is 0 Å². The average molecular weight is 287 g/mol. The number of carbonyl (C=O) groups excluding carboxylic acids is 1. The number of rotatable bonds is 5. The number of carbonyl (C=O) groups is 1. The van der Waals surface area contributed by atoms with E-state index in [4.69, 9.17) is 16.3 Å². The number of nitrogens with zero attached hydrogens (tertiary/aromatic N) is 1. The van der Waals surface area contributed by atoms with Crippen molar-refractivity contribution in [3.05, 3.63) is 38.9 Å². The number of halogens is 1. The molecule has 0 heterocycles. The first kappa shape index (κ1) is 15.4. The third kappa shape index (κ3) is 3.90. The van der Waals surface area contributed by atoms with Crippen molar-refractivity contribution in [3.63, 3.8) is 0 Å². The van der Waals surface area contributed by atoms with Crippen LogP contribution in [-0.4, -0.2) is 30.1 Å². The Morgan fingerprint density at radius 2 is 2.16 bits per heavy atom. The van der Waals surface area contributed by atoms with Gasteiger partial charge < -0.3 is 10.1 Å². The molecule has 0 aromatic heterocycles. The van der Waals surface area contributed by atoms with E-state index in [-0.39, 0.29) is 16.3 Å². The Labute approximate surface area is 115 Å². The zero-order valence-corrected chi connectivity index (χ0v) is 11.7. The first-order chi connectivity index (χ1) is 8.78. The lowest BCUT2D eigenvalue weighted by Gasteiger charge is -2.25. The number of benzene rings is 1. The largest absolute Gasteiger partial charge is 0.382 e. The number of nitrogens with one attached hydrogen (secondary N) is 1. The van der Waals surface area contributed by atoms with Crippen LogP contribution in [0, 0.1) is 10.1 Å². The topological polar surface area (TPSA) is 81.5 Å². The summed E-state index contributed by atoms with van der Waals surface area (Å²) in [5.74, 6) is -0.476. The van der Waals surface area contributed by atoms with Gasteiger partial charge in [-0.05, 0) is 19.9 Å². The molecule has 1 aromatic carbocycles. The molecule has 0 spiro atoms. The summed E-state index contributed by atoms with van der Waals surface area (Å²) in [6.45, 7) is 3.87. The van der Waals surface area contributed by atoms with Crippen molar-refractivity contribution in [1.29, 1.82) is 0 Å². The van der Waals surface area contributed by atoms with E-state index in [0.29, 0.717) is 6.61 Å². The number of hydrogen-bond acceptors (Lipinski definition) is 4. The molecule has 0 bridgehead atoms. The van der Waals surface area contributed by atoms with E-state index in [1.807, 2.05) is 0 Å². The van der Waals surface area contributed by atoms with Gasteiger partial charge in [0.1, 0.15) is 5.02 Å². The Morgan fingerprint density at radius 1 is 1.53 bits per heavy atom. The summed E-state index contributed by atoms with van der Waals surface area (Å²) in [4.78, 5) is 22.2. The molecule has 0 saturated carbocycles. The molecule has 7 heteroatoms. The molecule has 19 heavy (non-hydrogen) atoms. The first-order valence-electron chi connectivity index (χ1n) is 5.53. The monoisotopic (exact) mass is 286 g/mol. The lowest BCUT2D eigenvalue weighted by Crippen LogP contribution is -2.46. The normalized spacial score (nSPS) is 11.2. The summed E-state index contributed by atoms with van der Waals surface area (Å²) < 4.78 is 4.98. The average Bonchev–Trinajstić information content (AvgIpc) is 2.27. The molecule has 0 saturated heterocycles. The fourth-order valence-electron chi connectivity index (χ4n) is 1.61. The van der Waals surface area contributed by atoms with Gasteiger partial charge in [-0.3, -0.25) is 14.9 Å². The van der Waals surface area contributed by atoms with Gasteiger partial charge >= 0.3 is 0 Å². The Hall–Kier alpha value is -1.66. The van der Waals surface area contributed by atoms with Crippen molar-refractivity contribution < 1.29 is 14.5 Å². The molecule has 1 rings (SSSR count). The molecule has 1 N–H and O–H groups in total. The lowest BCUT2D eigenvalue weighted by atomic mass is 10.1. The summed E-state index contributed by atoms with van der Waals surface area (Å²) in [7, 11) is 1.52. The molecule has 0 aliphatic heterocycles. The zero-order chi connectivity index (χ0) is 14.6. The van der Waals surface area contributed by atoms with E-state index >= 15 is 0 Å². The quantitative estimate of drug-likeness (QED) is 0.665. The highest BCUT2D eigenvalue weighted by molar-refractivity contribution is 6.35. The maximum atomic E-state index is 12.1. The molecular weight excluding hydrogens is 272 g/mol. The van der Waals surface area contributed by atoms with Crippen molar-refractivity contribution in [1.82, 2.24) is 5.32 Å². The predicted molar refractivity (Wildman–Crippen MR) is 71.5 cm³/mol. The number of hydrogen-bond donors (Lipinski definition) is 1. The molecule has 0 aliphatic carbocycles. The van der Waals surface area contributed by atoms with Crippen molar-refractivity contribution in [2.45, 2.75) is 19.4 Å². The second-order valence-electron chi connectivity index (χ2n) is 4.67. The number of nitro groups is 1. The number of methoxy groups -OCH3 is 1. The van der Waals surface area contributed by atoms with E-state index < -0.39 is 16.4 Å². The SMILES string of the molecule is COCC(C)(C)NC(=O)c1cccc([N+](=O)[O-])c1Cl. The predicted octanol–water partition coefficient (Wildman–Crippen LogP) is 2.40. The van der Waals surface area contributed by atoms with Gasteiger partial charge in [-0.2, -0.15) is 0 Å². The van der Waals surface area contributed by atoms with Gasteiger partial charge in [-0.1, -0.05) is 17.7 Å². The van der Waals surface area contributed by atoms with E-state index in [9.17, 15) is 14.9 Å². The maximum Gasteiger partial charge on any atom is 0.288 e. The summed E-state index contributed by atoms with van der Waals surface area (Å²) in [6, 6.07) is 4.11. The van der Waals surface area contributed by atoms with Crippen molar-refractivity contribution in [3.8, 4) is 0 Å². The highest BCUT2D eigenvalue weighted by atomic mass is 35.5. The molecular formula is C12H15ClN2O4. The standard InChI is InChI=1S/C12H15ClN2O4/c1-12(2,7-19-3)14-11(16)8-5-4-6-9(10(8)13)15(17)18/h4-6H,7H2,1-3H3,(H,14,16). The second-order valence-corrected chi connectivity index (χ2v) is 5.04. The van der Waals surface area contributed by atoms with Crippen LogP contribution in [0.2, 0.25) is 5.02 Å². The smallest absolute Gasteiger partial charge is 0.288 e. The number of amides is 1. The highest BCUT2D eigenvalue weighted by Gasteiger charge is 2.25. The van der Waals surface area contributed by atoms with Crippen LogP contribution in [0.5, 0.6) is 0 Å². The number of nitro benzene ring substituents is 1. The summed E-state index contributed by atoms with van der Waals surface area (Å²) in [5, 5.41) is 13.3. The van der Waals surface area contributed by atoms with Crippen molar-refractivity contribution in [2.24, 2.45) is 0 Å². The lowest BCUT2D eigenvalue weighted by molar-refractivity contribution is -0.384. The fraction of sp³-hybridized carbons (Fsp3) is 0.417. The van der Waals surface area contributed by atoms with Gasteiger partial charge in [0.2, 0.25) is 0 Å². The minimum atomic E-state index is -0.626. The van der Waals surface area contributed by atoms with E-state index in [2.05, 4.69) is 5.32 Å². The van der Waals surface area contributed by atoms with Gasteiger partial charge in [-0.15, -0.1) is 0 Å². The van der Waals surface area contributed by atoms with E-state index in [1.54, 1.807) is 13.8 Å².